The Bertz CT molecular complexity index is 447. The summed E-state index contributed by atoms with van der Waals surface area (Å²) in [5, 5.41) is 13.4. The zero-order valence-corrected chi connectivity index (χ0v) is 12.0. The molecule has 0 radical (unpaired) electrons. The van der Waals surface area contributed by atoms with Crippen molar-refractivity contribution >= 4 is 21.8 Å². The van der Waals surface area contributed by atoms with E-state index in [2.05, 4.69) is 21.2 Å². The number of alkyl halides is 1. The lowest BCUT2D eigenvalue weighted by Crippen LogP contribution is -2.38. The highest BCUT2D eigenvalue weighted by atomic mass is 79.9. The molecule has 0 bridgehead atoms. The molecule has 18 heavy (non-hydrogen) atoms. The summed E-state index contributed by atoms with van der Waals surface area (Å²) in [7, 11) is 0. The van der Waals surface area contributed by atoms with Crippen molar-refractivity contribution < 1.29 is 9.90 Å². The molecule has 98 valence electrons. The Kier molecular flexibility index (Phi) is 4.27. The summed E-state index contributed by atoms with van der Waals surface area (Å²) in [4.78, 5) is 12.2. The van der Waals surface area contributed by atoms with Crippen molar-refractivity contribution in [2.45, 2.75) is 32.2 Å². The maximum Gasteiger partial charge on any atom is 0.251 e. The second-order valence-electron chi connectivity index (χ2n) is 4.92. The van der Waals surface area contributed by atoms with Crippen LogP contribution in [0.3, 0.4) is 0 Å². The van der Waals surface area contributed by atoms with E-state index in [9.17, 15) is 9.90 Å². The van der Waals surface area contributed by atoms with Crippen LogP contribution in [0.15, 0.2) is 18.2 Å². The molecule has 1 amide bonds. The molecule has 1 aromatic rings. The van der Waals surface area contributed by atoms with E-state index in [1.54, 1.807) is 18.2 Å². The van der Waals surface area contributed by atoms with Gasteiger partial charge in [-0.3, -0.25) is 4.79 Å². The Labute approximate surface area is 116 Å². The van der Waals surface area contributed by atoms with Gasteiger partial charge < -0.3 is 10.4 Å². The summed E-state index contributed by atoms with van der Waals surface area (Å²) < 4.78 is 0. The van der Waals surface area contributed by atoms with E-state index < -0.39 is 0 Å². The molecule has 3 nitrogen and oxygen atoms in total. The fourth-order valence-corrected chi connectivity index (χ4v) is 3.34. The number of phenols is 1. The van der Waals surface area contributed by atoms with Crippen LogP contribution < -0.4 is 5.32 Å². The standard InChI is InChI=1S/C14H18BrNO2/c1-9-7-11(17)5-6-12(9)14(18)16-13-4-2-3-10(13)8-15/h5-7,10,13,17H,2-4,8H2,1H3,(H,16,18). The predicted octanol–water partition coefficient (Wildman–Crippen LogP) is 2.99. The number of phenolic OH excluding ortho intramolecular Hbond substituents is 1. The van der Waals surface area contributed by atoms with E-state index in [1.807, 2.05) is 6.92 Å². The van der Waals surface area contributed by atoms with Gasteiger partial charge in [-0.2, -0.15) is 0 Å². The Morgan fingerprint density at radius 1 is 1.50 bits per heavy atom. The third-order valence-corrected chi connectivity index (χ3v) is 4.46. The van der Waals surface area contributed by atoms with Crippen molar-refractivity contribution in [1.29, 1.82) is 0 Å². The van der Waals surface area contributed by atoms with Crippen LogP contribution in [0.5, 0.6) is 5.75 Å². The van der Waals surface area contributed by atoms with Crippen LogP contribution in [0.4, 0.5) is 0 Å². The van der Waals surface area contributed by atoms with Gasteiger partial charge in [0.25, 0.3) is 5.91 Å². The molecular formula is C14H18BrNO2. The maximum absolute atomic E-state index is 12.2. The minimum atomic E-state index is -0.0367. The van der Waals surface area contributed by atoms with Crippen molar-refractivity contribution in [3.63, 3.8) is 0 Å². The minimum absolute atomic E-state index is 0.0367. The number of halogens is 1. The van der Waals surface area contributed by atoms with Crippen molar-refractivity contribution in [2.24, 2.45) is 5.92 Å². The first-order valence-corrected chi connectivity index (χ1v) is 7.40. The van der Waals surface area contributed by atoms with Crippen LogP contribution in [0.2, 0.25) is 0 Å². The van der Waals surface area contributed by atoms with Gasteiger partial charge in [0, 0.05) is 16.9 Å². The molecule has 2 rings (SSSR count). The molecule has 1 aliphatic carbocycles. The number of carbonyl (C=O) groups is 1. The first kappa shape index (κ1) is 13.4. The number of hydrogen-bond donors (Lipinski definition) is 2. The molecular weight excluding hydrogens is 294 g/mol. The van der Waals surface area contributed by atoms with Crippen molar-refractivity contribution in [2.75, 3.05) is 5.33 Å². The van der Waals surface area contributed by atoms with E-state index in [4.69, 9.17) is 0 Å². The number of aromatic hydroxyl groups is 1. The SMILES string of the molecule is Cc1cc(O)ccc1C(=O)NC1CCCC1CBr. The monoisotopic (exact) mass is 311 g/mol. The van der Waals surface area contributed by atoms with Crippen LogP contribution in [0, 0.1) is 12.8 Å². The van der Waals surface area contributed by atoms with Crippen molar-refractivity contribution in [3.05, 3.63) is 29.3 Å². The highest BCUT2D eigenvalue weighted by Crippen LogP contribution is 2.27. The van der Waals surface area contributed by atoms with Gasteiger partial charge in [0.2, 0.25) is 0 Å². The van der Waals surface area contributed by atoms with Gasteiger partial charge in [0.05, 0.1) is 0 Å². The Hall–Kier alpha value is -1.03. The molecule has 0 saturated heterocycles. The largest absolute Gasteiger partial charge is 0.508 e. The number of nitrogens with one attached hydrogen (secondary N) is 1. The lowest BCUT2D eigenvalue weighted by molar-refractivity contribution is 0.0929. The highest BCUT2D eigenvalue weighted by molar-refractivity contribution is 9.09. The minimum Gasteiger partial charge on any atom is -0.508 e. The Morgan fingerprint density at radius 3 is 2.94 bits per heavy atom. The lowest BCUT2D eigenvalue weighted by atomic mass is 10.0. The molecule has 0 heterocycles. The average Bonchev–Trinajstić information content (AvgIpc) is 2.76. The summed E-state index contributed by atoms with van der Waals surface area (Å²) in [6.45, 7) is 1.84. The van der Waals surface area contributed by atoms with Crippen LogP contribution in [0.1, 0.15) is 35.2 Å². The zero-order chi connectivity index (χ0) is 13.1. The summed E-state index contributed by atoms with van der Waals surface area (Å²) in [6, 6.07) is 5.12. The average molecular weight is 312 g/mol. The van der Waals surface area contributed by atoms with E-state index in [-0.39, 0.29) is 17.7 Å². The fourth-order valence-electron chi connectivity index (χ4n) is 2.56. The molecule has 1 aliphatic rings. The second kappa shape index (κ2) is 5.74. The van der Waals surface area contributed by atoms with Gasteiger partial charge in [0.1, 0.15) is 5.75 Å². The number of rotatable bonds is 3. The quantitative estimate of drug-likeness (QED) is 0.843. The molecule has 2 unspecified atom stereocenters. The first-order chi connectivity index (χ1) is 8.61. The topological polar surface area (TPSA) is 49.3 Å². The van der Waals surface area contributed by atoms with E-state index in [0.29, 0.717) is 11.5 Å². The third-order valence-electron chi connectivity index (χ3n) is 3.63. The van der Waals surface area contributed by atoms with Crippen LogP contribution in [-0.2, 0) is 0 Å². The molecule has 0 aliphatic heterocycles. The van der Waals surface area contributed by atoms with Crippen LogP contribution in [0.25, 0.3) is 0 Å². The summed E-state index contributed by atoms with van der Waals surface area (Å²) in [5.74, 6) is 0.694. The van der Waals surface area contributed by atoms with Crippen molar-refractivity contribution in [3.8, 4) is 5.75 Å². The van der Waals surface area contributed by atoms with E-state index in [1.165, 1.54) is 12.8 Å². The summed E-state index contributed by atoms with van der Waals surface area (Å²) >= 11 is 3.50. The normalized spacial score (nSPS) is 23.0. The lowest BCUT2D eigenvalue weighted by Gasteiger charge is -2.19. The predicted molar refractivity (Wildman–Crippen MR) is 75.2 cm³/mol. The number of hydrogen-bond acceptors (Lipinski definition) is 2. The Balaban J connectivity index is 2.07. The number of carbonyl (C=O) groups excluding carboxylic acids is 1. The molecule has 1 aromatic carbocycles. The maximum atomic E-state index is 12.2. The van der Waals surface area contributed by atoms with E-state index in [0.717, 1.165) is 17.3 Å². The second-order valence-corrected chi connectivity index (χ2v) is 5.57. The van der Waals surface area contributed by atoms with Crippen LogP contribution >= 0.6 is 15.9 Å². The summed E-state index contributed by atoms with van der Waals surface area (Å²) in [6.07, 6.45) is 3.40. The number of amides is 1. The van der Waals surface area contributed by atoms with Gasteiger partial charge in [-0.05, 0) is 49.4 Å². The van der Waals surface area contributed by atoms with Gasteiger partial charge in [-0.15, -0.1) is 0 Å². The first-order valence-electron chi connectivity index (χ1n) is 6.28. The highest BCUT2D eigenvalue weighted by Gasteiger charge is 2.28. The molecule has 0 aromatic heterocycles. The molecule has 2 atom stereocenters. The van der Waals surface area contributed by atoms with Gasteiger partial charge in [-0.1, -0.05) is 22.4 Å². The van der Waals surface area contributed by atoms with Gasteiger partial charge in [-0.25, -0.2) is 0 Å². The zero-order valence-electron chi connectivity index (χ0n) is 10.4. The number of benzene rings is 1. The molecule has 4 heteroatoms. The van der Waals surface area contributed by atoms with E-state index >= 15 is 0 Å². The fraction of sp³-hybridized carbons (Fsp3) is 0.500. The van der Waals surface area contributed by atoms with Gasteiger partial charge >= 0.3 is 0 Å². The number of aryl methyl sites for hydroxylation is 1. The van der Waals surface area contributed by atoms with Gasteiger partial charge in [0.15, 0.2) is 0 Å². The Morgan fingerprint density at radius 2 is 2.28 bits per heavy atom. The molecule has 1 saturated carbocycles. The third kappa shape index (κ3) is 2.86. The molecule has 0 spiro atoms. The summed E-state index contributed by atoms with van der Waals surface area (Å²) in [5.41, 5.74) is 1.45. The van der Waals surface area contributed by atoms with Crippen LogP contribution in [-0.4, -0.2) is 22.4 Å². The smallest absolute Gasteiger partial charge is 0.251 e. The molecule has 2 N–H and O–H groups in total. The van der Waals surface area contributed by atoms with Crippen molar-refractivity contribution in [1.82, 2.24) is 5.32 Å². The molecule has 1 fully saturated rings.